The summed E-state index contributed by atoms with van der Waals surface area (Å²) in [7, 11) is -0.407. The third kappa shape index (κ3) is 3.89. The zero-order chi connectivity index (χ0) is 16.3. The Balaban J connectivity index is 2.07. The number of hydrogen-bond donors (Lipinski definition) is 0. The highest BCUT2D eigenvalue weighted by Crippen LogP contribution is 2.29. The fraction of sp³-hybridized carbons (Fsp3) is 0.500. The van der Waals surface area contributed by atoms with Gasteiger partial charge in [0.05, 0.1) is 33.1 Å². The van der Waals surface area contributed by atoms with Gasteiger partial charge in [-0.05, 0) is 12.1 Å². The predicted octanol–water partition coefficient (Wildman–Crippen LogP) is 0.781. The average Bonchev–Trinajstić information content (AvgIpc) is 2.47. The number of nitrogens with zero attached hydrogens (tertiary/aromatic N) is 1. The molecule has 1 aromatic carbocycles. The van der Waals surface area contributed by atoms with Gasteiger partial charge >= 0.3 is 0 Å². The van der Waals surface area contributed by atoms with Gasteiger partial charge in [0.25, 0.3) is 10.1 Å². The number of carbonyl (C=O) groups is 1. The lowest BCUT2D eigenvalue weighted by molar-refractivity contribution is -0.148. The van der Waals surface area contributed by atoms with Crippen molar-refractivity contribution < 1.29 is 26.9 Å². The molecule has 1 aliphatic heterocycles. The summed E-state index contributed by atoms with van der Waals surface area (Å²) < 4.78 is 37.3. The summed E-state index contributed by atoms with van der Waals surface area (Å²) in [5.41, 5.74) is 0.820. The summed E-state index contributed by atoms with van der Waals surface area (Å²) in [5.74, 6) is 1.23. The molecular weight excluding hydrogens is 310 g/mol. The second-order valence-electron chi connectivity index (χ2n) is 5.05. The molecule has 1 saturated heterocycles. The van der Waals surface area contributed by atoms with Gasteiger partial charge in [0.1, 0.15) is 11.5 Å². The highest BCUT2D eigenvalue weighted by Gasteiger charge is 2.37. The average molecular weight is 329 g/mol. The summed E-state index contributed by atoms with van der Waals surface area (Å²) in [6.45, 7) is 0.312. The van der Waals surface area contributed by atoms with E-state index < -0.39 is 10.1 Å². The van der Waals surface area contributed by atoms with Gasteiger partial charge in [-0.25, -0.2) is 0 Å². The number of carbonyl (C=O) groups excluding carboxylic acids is 1. The number of ether oxygens (including phenoxy) is 2. The van der Waals surface area contributed by atoms with Gasteiger partial charge in [-0.2, -0.15) is 8.42 Å². The van der Waals surface area contributed by atoms with Crippen molar-refractivity contribution in [3.63, 3.8) is 0 Å². The first-order valence-corrected chi connectivity index (χ1v) is 8.50. The summed E-state index contributed by atoms with van der Waals surface area (Å²) in [5, 5.41) is 0. The first-order chi connectivity index (χ1) is 10.3. The van der Waals surface area contributed by atoms with Crippen molar-refractivity contribution in [2.45, 2.75) is 19.0 Å². The number of amides is 1. The maximum atomic E-state index is 11.7. The molecule has 1 heterocycles. The van der Waals surface area contributed by atoms with Crippen LogP contribution in [0.4, 0.5) is 0 Å². The Morgan fingerprint density at radius 2 is 2.00 bits per heavy atom. The van der Waals surface area contributed by atoms with E-state index in [2.05, 4.69) is 0 Å². The van der Waals surface area contributed by atoms with Crippen molar-refractivity contribution in [2.75, 3.05) is 27.1 Å². The fourth-order valence-corrected chi connectivity index (χ4v) is 2.66. The molecule has 8 heteroatoms. The van der Waals surface area contributed by atoms with Crippen LogP contribution in [0.1, 0.15) is 12.0 Å². The maximum absolute atomic E-state index is 11.7. The minimum absolute atomic E-state index is 0.0248. The Kier molecular flexibility index (Phi) is 4.92. The van der Waals surface area contributed by atoms with Gasteiger partial charge < -0.3 is 14.4 Å². The molecule has 0 bridgehead atoms. The lowest BCUT2D eigenvalue weighted by Crippen LogP contribution is -2.54. The minimum atomic E-state index is -3.51. The third-order valence-electron chi connectivity index (χ3n) is 3.48. The molecule has 0 N–H and O–H groups in total. The van der Waals surface area contributed by atoms with Gasteiger partial charge in [0, 0.05) is 24.6 Å². The molecule has 22 heavy (non-hydrogen) atoms. The first kappa shape index (κ1) is 16.6. The van der Waals surface area contributed by atoms with Crippen molar-refractivity contribution in [1.29, 1.82) is 0 Å². The number of rotatable bonds is 7. The summed E-state index contributed by atoms with van der Waals surface area (Å²) in [6, 6.07) is 5.10. The lowest BCUT2D eigenvalue weighted by atomic mass is 10.0. The Morgan fingerprint density at radius 3 is 2.55 bits per heavy atom. The first-order valence-electron chi connectivity index (χ1n) is 6.69. The van der Waals surface area contributed by atoms with E-state index in [0.717, 1.165) is 11.8 Å². The second kappa shape index (κ2) is 6.53. The molecule has 1 aliphatic rings. The number of methoxy groups -OCH3 is 2. The van der Waals surface area contributed by atoms with E-state index in [1.54, 1.807) is 31.3 Å². The normalized spacial score (nSPS) is 18.0. The highest BCUT2D eigenvalue weighted by atomic mass is 32.2. The minimum Gasteiger partial charge on any atom is -0.497 e. The molecule has 2 rings (SSSR count). The van der Waals surface area contributed by atoms with Gasteiger partial charge in [-0.3, -0.25) is 8.98 Å². The summed E-state index contributed by atoms with van der Waals surface area (Å²) >= 11 is 0. The quantitative estimate of drug-likeness (QED) is 0.543. The van der Waals surface area contributed by atoms with Crippen LogP contribution in [-0.4, -0.2) is 52.3 Å². The van der Waals surface area contributed by atoms with E-state index in [1.165, 1.54) is 0 Å². The van der Waals surface area contributed by atoms with Gasteiger partial charge in [0.15, 0.2) is 0 Å². The van der Waals surface area contributed by atoms with E-state index in [4.69, 9.17) is 13.7 Å². The number of benzene rings is 1. The summed E-state index contributed by atoms with van der Waals surface area (Å²) in [6.07, 6.45) is 1.28. The molecule has 7 nitrogen and oxygen atoms in total. The molecule has 122 valence electrons. The third-order valence-corrected chi connectivity index (χ3v) is 4.05. The predicted molar refractivity (Wildman–Crippen MR) is 79.3 cm³/mol. The molecule has 1 fully saturated rings. The molecule has 1 atom stereocenters. The van der Waals surface area contributed by atoms with Crippen LogP contribution in [0.3, 0.4) is 0 Å². The molecule has 0 aromatic heterocycles. The molecule has 1 aromatic rings. The molecule has 0 spiro atoms. The van der Waals surface area contributed by atoms with E-state index in [-0.39, 0.29) is 25.0 Å². The number of likely N-dealkylation sites (tertiary alicyclic amines) is 1. The standard InChI is InChI=1S/C14H19NO6S/c1-19-12-5-4-10(13(7-12)20-2)8-15-11(6-14(15)16)9-21-22(3,17)18/h4-5,7,11H,6,8-9H2,1-3H3. The van der Waals surface area contributed by atoms with Gasteiger partial charge in [-0.1, -0.05) is 0 Å². The van der Waals surface area contributed by atoms with Crippen molar-refractivity contribution in [3.8, 4) is 11.5 Å². The van der Waals surface area contributed by atoms with Crippen molar-refractivity contribution in [2.24, 2.45) is 0 Å². The van der Waals surface area contributed by atoms with Gasteiger partial charge in [0.2, 0.25) is 5.91 Å². The van der Waals surface area contributed by atoms with E-state index in [9.17, 15) is 13.2 Å². The highest BCUT2D eigenvalue weighted by molar-refractivity contribution is 7.85. The molecule has 0 radical (unpaired) electrons. The number of β-lactam (4-membered cyclic amide) rings is 1. The van der Waals surface area contributed by atoms with Crippen molar-refractivity contribution in [3.05, 3.63) is 23.8 Å². The Labute approximate surface area is 129 Å². The van der Waals surface area contributed by atoms with Gasteiger partial charge in [-0.15, -0.1) is 0 Å². The Hall–Kier alpha value is -1.80. The monoisotopic (exact) mass is 329 g/mol. The Bertz CT molecular complexity index is 657. The van der Waals surface area contributed by atoms with E-state index in [0.29, 0.717) is 18.0 Å². The fourth-order valence-electron chi connectivity index (χ4n) is 2.25. The Morgan fingerprint density at radius 1 is 1.27 bits per heavy atom. The van der Waals surface area contributed by atoms with E-state index in [1.807, 2.05) is 6.07 Å². The largest absolute Gasteiger partial charge is 0.497 e. The molecule has 1 amide bonds. The van der Waals surface area contributed by atoms with Crippen LogP contribution in [0, 0.1) is 0 Å². The number of hydrogen-bond acceptors (Lipinski definition) is 6. The zero-order valence-electron chi connectivity index (χ0n) is 12.7. The molecule has 1 unspecified atom stereocenters. The smallest absolute Gasteiger partial charge is 0.264 e. The van der Waals surface area contributed by atoms with Crippen molar-refractivity contribution in [1.82, 2.24) is 4.90 Å². The maximum Gasteiger partial charge on any atom is 0.264 e. The van der Waals surface area contributed by atoms with Crippen LogP contribution in [-0.2, 0) is 25.6 Å². The van der Waals surface area contributed by atoms with Crippen LogP contribution in [0.25, 0.3) is 0 Å². The molecular formula is C14H19NO6S. The van der Waals surface area contributed by atoms with Crippen LogP contribution in [0.2, 0.25) is 0 Å². The summed E-state index contributed by atoms with van der Waals surface area (Å²) in [4.78, 5) is 13.3. The topological polar surface area (TPSA) is 82.1 Å². The SMILES string of the molecule is COc1ccc(CN2C(=O)CC2COS(C)(=O)=O)c(OC)c1. The van der Waals surface area contributed by atoms with Crippen molar-refractivity contribution >= 4 is 16.0 Å². The van der Waals surface area contributed by atoms with E-state index >= 15 is 0 Å². The molecule has 0 aliphatic carbocycles. The van der Waals surface area contributed by atoms with Crippen LogP contribution in [0.5, 0.6) is 11.5 Å². The zero-order valence-corrected chi connectivity index (χ0v) is 13.6. The lowest BCUT2D eigenvalue weighted by Gasteiger charge is -2.40. The van der Waals surface area contributed by atoms with Crippen LogP contribution >= 0.6 is 0 Å². The van der Waals surface area contributed by atoms with Crippen LogP contribution < -0.4 is 9.47 Å². The second-order valence-corrected chi connectivity index (χ2v) is 6.69. The van der Waals surface area contributed by atoms with Crippen LogP contribution in [0.15, 0.2) is 18.2 Å². The molecule has 0 saturated carbocycles.